The lowest BCUT2D eigenvalue weighted by molar-refractivity contribution is 0.553. The molecule has 71 valence electrons. The Morgan fingerprint density at radius 3 is 2.64 bits per heavy atom. The fourth-order valence-corrected chi connectivity index (χ4v) is 2.26. The van der Waals surface area contributed by atoms with Crippen molar-refractivity contribution in [2.24, 2.45) is 0 Å². The maximum Gasteiger partial charge on any atom is 0.0991 e. The van der Waals surface area contributed by atoms with Crippen LogP contribution in [0.4, 0.5) is 0 Å². The van der Waals surface area contributed by atoms with Gasteiger partial charge in [-0.3, -0.25) is 0 Å². The molecule has 1 saturated carbocycles. The zero-order chi connectivity index (χ0) is 10.0. The van der Waals surface area contributed by atoms with Crippen LogP contribution in [-0.4, -0.2) is 0 Å². The smallest absolute Gasteiger partial charge is 0.0991 e. The van der Waals surface area contributed by atoms with E-state index in [-0.39, 0.29) is 5.41 Å². The highest BCUT2D eigenvalue weighted by Crippen LogP contribution is 2.40. The molecule has 1 aliphatic rings. The molecule has 1 aliphatic carbocycles. The highest BCUT2D eigenvalue weighted by atomic mass is 14.3. The van der Waals surface area contributed by atoms with Crippen LogP contribution >= 0.6 is 0 Å². The average Bonchev–Trinajstić information content (AvgIpc) is 2.67. The van der Waals surface area contributed by atoms with Gasteiger partial charge in [-0.1, -0.05) is 25.0 Å². The van der Waals surface area contributed by atoms with E-state index in [4.69, 9.17) is 5.26 Å². The maximum absolute atomic E-state index is 8.82. The van der Waals surface area contributed by atoms with Crippen LogP contribution in [0.2, 0.25) is 0 Å². The SMILES string of the molecule is [CH2]C1(c2cccc(C#N)c2)CCCC1. The van der Waals surface area contributed by atoms with Gasteiger partial charge in [-0.2, -0.15) is 5.26 Å². The van der Waals surface area contributed by atoms with Crippen molar-refractivity contribution in [3.05, 3.63) is 42.3 Å². The van der Waals surface area contributed by atoms with Gasteiger partial charge in [0.2, 0.25) is 0 Å². The summed E-state index contributed by atoms with van der Waals surface area (Å²) in [5.41, 5.74) is 2.05. The van der Waals surface area contributed by atoms with Crippen molar-refractivity contribution in [2.75, 3.05) is 0 Å². The summed E-state index contributed by atoms with van der Waals surface area (Å²) in [5.74, 6) is 0. The van der Waals surface area contributed by atoms with Gasteiger partial charge in [0, 0.05) is 0 Å². The summed E-state index contributed by atoms with van der Waals surface area (Å²) in [5, 5.41) is 8.82. The molecule has 14 heavy (non-hydrogen) atoms. The second-order valence-electron chi connectivity index (χ2n) is 4.18. The van der Waals surface area contributed by atoms with Crippen LogP contribution in [-0.2, 0) is 5.41 Å². The lowest BCUT2D eigenvalue weighted by Crippen LogP contribution is -2.17. The molecule has 0 atom stereocenters. The predicted molar refractivity (Wildman–Crippen MR) is 56.7 cm³/mol. The molecule has 1 radical (unpaired) electrons. The fraction of sp³-hybridized carbons (Fsp3) is 0.385. The topological polar surface area (TPSA) is 23.8 Å². The minimum absolute atomic E-state index is 0.0762. The van der Waals surface area contributed by atoms with Crippen molar-refractivity contribution in [2.45, 2.75) is 31.1 Å². The van der Waals surface area contributed by atoms with Crippen molar-refractivity contribution in [3.8, 4) is 6.07 Å². The fourth-order valence-electron chi connectivity index (χ4n) is 2.26. The lowest BCUT2D eigenvalue weighted by atomic mass is 9.80. The monoisotopic (exact) mass is 184 g/mol. The predicted octanol–water partition coefficient (Wildman–Crippen LogP) is 3.20. The highest BCUT2D eigenvalue weighted by Gasteiger charge is 2.30. The molecule has 0 heterocycles. The first-order valence-electron chi connectivity index (χ1n) is 5.11. The first-order chi connectivity index (χ1) is 6.74. The maximum atomic E-state index is 8.82. The summed E-state index contributed by atoms with van der Waals surface area (Å²) >= 11 is 0. The molecule has 0 aromatic heterocycles. The van der Waals surface area contributed by atoms with Gasteiger partial charge in [0.05, 0.1) is 11.6 Å². The van der Waals surface area contributed by atoms with Crippen molar-refractivity contribution in [1.82, 2.24) is 0 Å². The van der Waals surface area contributed by atoms with Gasteiger partial charge in [-0.05, 0) is 42.9 Å². The molecule has 1 nitrogen and oxygen atoms in total. The van der Waals surface area contributed by atoms with Gasteiger partial charge < -0.3 is 0 Å². The average molecular weight is 184 g/mol. The number of benzene rings is 1. The van der Waals surface area contributed by atoms with Crippen molar-refractivity contribution < 1.29 is 0 Å². The Hall–Kier alpha value is -1.29. The zero-order valence-electron chi connectivity index (χ0n) is 8.29. The van der Waals surface area contributed by atoms with E-state index in [9.17, 15) is 0 Å². The van der Waals surface area contributed by atoms with E-state index < -0.39 is 0 Å². The summed E-state index contributed by atoms with van der Waals surface area (Å²) in [7, 11) is 0. The Morgan fingerprint density at radius 1 is 1.29 bits per heavy atom. The van der Waals surface area contributed by atoms with E-state index in [1.165, 1.54) is 18.4 Å². The van der Waals surface area contributed by atoms with E-state index in [0.717, 1.165) is 18.4 Å². The van der Waals surface area contributed by atoms with Crippen LogP contribution in [0.25, 0.3) is 0 Å². The second kappa shape index (κ2) is 3.46. The summed E-state index contributed by atoms with van der Waals surface area (Å²) in [6, 6.07) is 10.1. The molecule has 0 amide bonds. The standard InChI is InChI=1S/C13H14N/c1-13(7-2-3-8-13)12-6-4-5-11(9-12)10-14/h4-6,9H,1-3,7-8H2. The Bertz CT molecular complexity index is 367. The van der Waals surface area contributed by atoms with Crippen molar-refractivity contribution >= 4 is 0 Å². The molecule has 1 heteroatoms. The molecular weight excluding hydrogens is 170 g/mol. The van der Waals surface area contributed by atoms with E-state index in [2.05, 4.69) is 19.1 Å². The van der Waals surface area contributed by atoms with Crippen LogP contribution in [0.3, 0.4) is 0 Å². The number of hydrogen-bond donors (Lipinski definition) is 0. The molecule has 0 aliphatic heterocycles. The van der Waals surface area contributed by atoms with Crippen LogP contribution < -0.4 is 0 Å². The van der Waals surface area contributed by atoms with E-state index in [1.807, 2.05) is 18.2 Å². The molecule has 2 rings (SSSR count). The Balaban J connectivity index is 2.36. The van der Waals surface area contributed by atoms with Crippen LogP contribution in [0.1, 0.15) is 36.8 Å². The van der Waals surface area contributed by atoms with Gasteiger partial charge in [-0.25, -0.2) is 0 Å². The van der Waals surface area contributed by atoms with Crippen LogP contribution in [0, 0.1) is 18.3 Å². The molecule has 1 aromatic carbocycles. The van der Waals surface area contributed by atoms with Crippen LogP contribution in [0.15, 0.2) is 24.3 Å². The molecule has 0 bridgehead atoms. The first-order valence-corrected chi connectivity index (χ1v) is 5.11. The molecule has 0 unspecified atom stereocenters. The van der Waals surface area contributed by atoms with E-state index in [0.29, 0.717) is 0 Å². The number of hydrogen-bond acceptors (Lipinski definition) is 1. The van der Waals surface area contributed by atoms with Crippen LogP contribution in [0.5, 0.6) is 0 Å². The van der Waals surface area contributed by atoms with Gasteiger partial charge >= 0.3 is 0 Å². The molecule has 1 fully saturated rings. The van der Waals surface area contributed by atoms with Crippen molar-refractivity contribution in [3.63, 3.8) is 0 Å². The molecule has 0 spiro atoms. The third kappa shape index (κ3) is 1.53. The third-order valence-electron chi connectivity index (χ3n) is 3.16. The van der Waals surface area contributed by atoms with Crippen molar-refractivity contribution in [1.29, 1.82) is 5.26 Å². The minimum atomic E-state index is 0.0762. The minimum Gasteiger partial charge on any atom is -0.192 e. The second-order valence-corrected chi connectivity index (χ2v) is 4.18. The highest BCUT2D eigenvalue weighted by molar-refractivity contribution is 5.37. The number of nitrogens with zero attached hydrogens (tertiary/aromatic N) is 1. The third-order valence-corrected chi connectivity index (χ3v) is 3.16. The van der Waals surface area contributed by atoms with Gasteiger partial charge in [0.25, 0.3) is 0 Å². The number of rotatable bonds is 1. The van der Waals surface area contributed by atoms with E-state index in [1.54, 1.807) is 0 Å². The van der Waals surface area contributed by atoms with Gasteiger partial charge in [0.1, 0.15) is 0 Å². The molecule has 1 aromatic rings. The lowest BCUT2D eigenvalue weighted by Gasteiger charge is -2.23. The largest absolute Gasteiger partial charge is 0.192 e. The zero-order valence-corrected chi connectivity index (χ0v) is 8.29. The van der Waals surface area contributed by atoms with Gasteiger partial charge in [0.15, 0.2) is 0 Å². The summed E-state index contributed by atoms with van der Waals surface area (Å²) in [4.78, 5) is 0. The first kappa shape index (κ1) is 9.27. The number of nitriles is 1. The molecule has 0 N–H and O–H groups in total. The normalized spacial score (nSPS) is 19.1. The van der Waals surface area contributed by atoms with Gasteiger partial charge in [-0.15, -0.1) is 0 Å². The Labute approximate surface area is 85.4 Å². The Morgan fingerprint density at radius 2 is 2.00 bits per heavy atom. The molecular formula is C13H14N. The van der Waals surface area contributed by atoms with E-state index >= 15 is 0 Å². The Kier molecular flexibility index (Phi) is 2.29. The summed E-state index contributed by atoms with van der Waals surface area (Å²) < 4.78 is 0. The molecule has 0 saturated heterocycles. The summed E-state index contributed by atoms with van der Waals surface area (Å²) in [6.07, 6.45) is 4.84. The summed E-state index contributed by atoms with van der Waals surface area (Å²) in [6.45, 7) is 4.31. The quantitative estimate of drug-likeness (QED) is 0.657.